The average Bonchev–Trinajstić information content (AvgIpc) is 2.11. The number of esters is 1. The molecule has 13 heavy (non-hydrogen) atoms. The number of rotatable bonds is 5. The van der Waals surface area contributed by atoms with Gasteiger partial charge in [0.2, 0.25) is 0 Å². The lowest BCUT2D eigenvalue weighted by atomic mass is 10.0. The molecule has 0 aromatic rings. The zero-order valence-corrected chi connectivity index (χ0v) is 8.70. The second-order valence-corrected chi connectivity index (χ2v) is 3.36. The van der Waals surface area contributed by atoms with E-state index in [-0.39, 0.29) is 17.9 Å². The van der Waals surface area contributed by atoms with E-state index in [2.05, 4.69) is 10.1 Å². The van der Waals surface area contributed by atoms with Crippen molar-refractivity contribution >= 4 is 5.97 Å². The Hall–Kier alpha value is -0.610. The zero-order chi connectivity index (χ0) is 10.4. The third kappa shape index (κ3) is 4.85. The summed E-state index contributed by atoms with van der Waals surface area (Å²) in [7, 11) is 1.38. The molecule has 0 aliphatic rings. The molecule has 0 aromatic carbocycles. The van der Waals surface area contributed by atoms with E-state index in [0.29, 0.717) is 6.54 Å². The summed E-state index contributed by atoms with van der Waals surface area (Å²) in [4.78, 5) is 11.1. The van der Waals surface area contributed by atoms with Crippen LogP contribution in [0, 0.1) is 5.92 Å². The van der Waals surface area contributed by atoms with Crippen LogP contribution in [0.2, 0.25) is 0 Å². The Balaban J connectivity index is 3.82. The standard InChI is InChI=1S/C9H19NO3/c1-6(11)5-10-8(3)7(2)9(12)13-4/h6-8,10-11H,5H2,1-4H3. The van der Waals surface area contributed by atoms with Crippen LogP contribution in [0.15, 0.2) is 0 Å². The van der Waals surface area contributed by atoms with Gasteiger partial charge in [-0.3, -0.25) is 4.79 Å². The SMILES string of the molecule is COC(=O)C(C)C(C)NCC(C)O. The van der Waals surface area contributed by atoms with Crippen LogP contribution in [-0.2, 0) is 9.53 Å². The predicted octanol–water partition coefficient (Wildman–Crippen LogP) is 0.154. The lowest BCUT2D eigenvalue weighted by Gasteiger charge is -2.19. The van der Waals surface area contributed by atoms with Crippen LogP contribution < -0.4 is 5.32 Å². The predicted molar refractivity (Wildman–Crippen MR) is 50.3 cm³/mol. The van der Waals surface area contributed by atoms with Crippen LogP contribution in [0.5, 0.6) is 0 Å². The molecule has 0 fully saturated rings. The van der Waals surface area contributed by atoms with E-state index < -0.39 is 6.10 Å². The number of aliphatic hydroxyl groups excluding tert-OH is 1. The van der Waals surface area contributed by atoms with Crippen molar-refractivity contribution in [1.29, 1.82) is 0 Å². The maximum Gasteiger partial charge on any atom is 0.309 e. The maximum atomic E-state index is 11.1. The minimum atomic E-state index is -0.396. The Labute approximate surface area is 79.3 Å². The molecule has 0 saturated carbocycles. The molecule has 4 heteroatoms. The van der Waals surface area contributed by atoms with Crippen molar-refractivity contribution < 1.29 is 14.6 Å². The van der Waals surface area contributed by atoms with Gasteiger partial charge in [0, 0.05) is 12.6 Å². The molecule has 0 aliphatic carbocycles. The summed E-state index contributed by atoms with van der Waals surface area (Å²) in [5.41, 5.74) is 0. The van der Waals surface area contributed by atoms with Gasteiger partial charge in [-0.25, -0.2) is 0 Å². The fourth-order valence-electron chi connectivity index (χ4n) is 0.923. The molecule has 0 heterocycles. The third-order valence-corrected chi connectivity index (χ3v) is 2.06. The first-order valence-corrected chi connectivity index (χ1v) is 4.48. The highest BCUT2D eigenvalue weighted by atomic mass is 16.5. The van der Waals surface area contributed by atoms with Crippen molar-refractivity contribution in [3.05, 3.63) is 0 Å². The topological polar surface area (TPSA) is 58.6 Å². The molecule has 2 N–H and O–H groups in total. The minimum absolute atomic E-state index is 0.0158. The monoisotopic (exact) mass is 189 g/mol. The van der Waals surface area contributed by atoms with Crippen molar-refractivity contribution in [2.24, 2.45) is 5.92 Å². The summed E-state index contributed by atoms with van der Waals surface area (Å²) < 4.78 is 4.60. The molecule has 0 radical (unpaired) electrons. The summed E-state index contributed by atoms with van der Waals surface area (Å²) in [6.45, 7) is 5.88. The average molecular weight is 189 g/mol. The van der Waals surface area contributed by atoms with E-state index in [1.165, 1.54) is 7.11 Å². The van der Waals surface area contributed by atoms with Crippen molar-refractivity contribution in [1.82, 2.24) is 5.32 Å². The summed E-state index contributed by atoms with van der Waals surface area (Å²) in [6, 6.07) is 0.0158. The molecule has 0 aromatic heterocycles. The van der Waals surface area contributed by atoms with E-state index in [0.717, 1.165) is 0 Å². The van der Waals surface area contributed by atoms with Crippen molar-refractivity contribution in [3.63, 3.8) is 0 Å². The summed E-state index contributed by atoms with van der Waals surface area (Å²) in [5.74, 6) is -0.422. The molecule has 0 spiro atoms. The molecule has 0 saturated heterocycles. The van der Waals surface area contributed by atoms with Gasteiger partial charge in [-0.2, -0.15) is 0 Å². The second kappa shape index (κ2) is 5.94. The molecular weight excluding hydrogens is 170 g/mol. The highest BCUT2D eigenvalue weighted by Gasteiger charge is 2.20. The van der Waals surface area contributed by atoms with Crippen LogP contribution in [0.1, 0.15) is 20.8 Å². The van der Waals surface area contributed by atoms with Gasteiger partial charge in [0.25, 0.3) is 0 Å². The van der Waals surface area contributed by atoms with Crippen LogP contribution in [-0.4, -0.2) is 36.9 Å². The first-order valence-electron chi connectivity index (χ1n) is 4.48. The van der Waals surface area contributed by atoms with Gasteiger partial charge >= 0.3 is 5.97 Å². The van der Waals surface area contributed by atoms with Crippen LogP contribution in [0.4, 0.5) is 0 Å². The van der Waals surface area contributed by atoms with Gasteiger partial charge in [-0.05, 0) is 13.8 Å². The Morgan fingerprint density at radius 3 is 2.38 bits per heavy atom. The zero-order valence-electron chi connectivity index (χ0n) is 8.70. The minimum Gasteiger partial charge on any atom is -0.469 e. The highest BCUT2D eigenvalue weighted by molar-refractivity contribution is 5.72. The van der Waals surface area contributed by atoms with Gasteiger partial charge < -0.3 is 15.2 Å². The van der Waals surface area contributed by atoms with Crippen molar-refractivity contribution in [3.8, 4) is 0 Å². The fourth-order valence-corrected chi connectivity index (χ4v) is 0.923. The van der Waals surface area contributed by atoms with E-state index in [4.69, 9.17) is 5.11 Å². The molecule has 0 aliphatic heterocycles. The fraction of sp³-hybridized carbons (Fsp3) is 0.889. The van der Waals surface area contributed by atoms with Crippen LogP contribution >= 0.6 is 0 Å². The second-order valence-electron chi connectivity index (χ2n) is 3.36. The number of carbonyl (C=O) groups excluding carboxylic acids is 1. The third-order valence-electron chi connectivity index (χ3n) is 2.06. The van der Waals surface area contributed by atoms with E-state index >= 15 is 0 Å². The largest absolute Gasteiger partial charge is 0.469 e. The number of ether oxygens (including phenoxy) is 1. The van der Waals surface area contributed by atoms with Crippen molar-refractivity contribution in [2.45, 2.75) is 32.9 Å². The smallest absolute Gasteiger partial charge is 0.309 e. The van der Waals surface area contributed by atoms with Gasteiger partial charge in [-0.15, -0.1) is 0 Å². The van der Waals surface area contributed by atoms with E-state index in [1.54, 1.807) is 13.8 Å². The van der Waals surface area contributed by atoms with E-state index in [1.807, 2.05) is 6.92 Å². The number of hydrogen-bond donors (Lipinski definition) is 2. The Morgan fingerprint density at radius 2 is 2.00 bits per heavy atom. The van der Waals surface area contributed by atoms with E-state index in [9.17, 15) is 4.79 Å². The summed E-state index contributed by atoms with van der Waals surface area (Å²) in [6.07, 6.45) is -0.396. The molecule has 0 amide bonds. The van der Waals surface area contributed by atoms with Crippen LogP contribution in [0.25, 0.3) is 0 Å². The first kappa shape index (κ1) is 12.4. The van der Waals surface area contributed by atoms with Crippen LogP contribution in [0.3, 0.4) is 0 Å². The number of aliphatic hydroxyl groups is 1. The van der Waals surface area contributed by atoms with Gasteiger partial charge in [-0.1, -0.05) is 6.92 Å². The first-order chi connectivity index (χ1) is 5.99. The molecular formula is C9H19NO3. The molecule has 78 valence electrons. The Kier molecular flexibility index (Phi) is 5.66. The van der Waals surface area contributed by atoms with Gasteiger partial charge in [0.15, 0.2) is 0 Å². The molecule has 4 nitrogen and oxygen atoms in total. The quantitative estimate of drug-likeness (QED) is 0.605. The lowest BCUT2D eigenvalue weighted by molar-refractivity contribution is -0.145. The molecule has 0 bridgehead atoms. The summed E-state index contributed by atoms with van der Waals surface area (Å²) >= 11 is 0. The number of carbonyl (C=O) groups is 1. The Morgan fingerprint density at radius 1 is 1.46 bits per heavy atom. The highest BCUT2D eigenvalue weighted by Crippen LogP contribution is 2.04. The number of nitrogens with one attached hydrogen (secondary N) is 1. The van der Waals surface area contributed by atoms with Gasteiger partial charge in [0.1, 0.15) is 0 Å². The number of hydrogen-bond acceptors (Lipinski definition) is 4. The molecule has 3 atom stereocenters. The lowest BCUT2D eigenvalue weighted by Crippen LogP contribution is -2.40. The van der Waals surface area contributed by atoms with Gasteiger partial charge in [0.05, 0.1) is 19.1 Å². The van der Waals surface area contributed by atoms with Crippen molar-refractivity contribution in [2.75, 3.05) is 13.7 Å². The normalized spacial score (nSPS) is 17.6. The maximum absolute atomic E-state index is 11.1. The molecule has 3 unspecified atom stereocenters. The number of methoxy groups -OCH3 is 1. The Bertz CT molecular complexity index is 159. The summed E-state index contributed by atoms with van der Waals surface area (Å²) in [5, 5.41) is 12.0. The molecule has 0 rings (SSSR count).